The number of amides is 3. The van der Waals surface area contributed by atoms with Crippen LogP contribution in [-0.4, -0.2) is 52.6 Å². The molecule has 1 saturated heterocycles. The van der Waals surface area contributed by atoms with Gasteiger partial charge in [-0.25, -0.2) is 4.79 Å². The molecule has 0 radical (unpaired) electrons. The number of urea groups is 1. The van der Waals surface area contributed by atoms with E-state index in [2.05, 4.69) is 5.32 Å². The summed E-state index contributed by atoms with van der Waals surface area (Å²) in [5.41, 5.74) is 1.83. The second-order valence-corrected chi connectivity index (χ2v) is 8.47. The maximum Gasteiger partial charge on any atom is 0.318 e. The number of hydrogen-bond donors (Lipinski definition) is 2. The lowest BCUT2D eigenvalue weighted by atomic mass is 10.1. The molecule has 3 amide bonds. The minimum Gasteiger partial charge on any atom is -0.391 e. The number of hydrogen-bond acceptors (Lipinski definition) is 3. The summed E-state index contributed by atoms with van der Waals surface area (Å²) in [6, 6.07) is 13.1. The molecule has 3 rings (SSSR count). The molecule has 160 valence electrons. The summed E-state index contributed by atoms with van der Waals surface area (Å²) in [6.45, 7) is 2.36. The second-order valence-electron chi connectivity index (χ2n) is 7.60. The van der Waals surface area contributed by atoms with Gasteiger partial charge in [-0.1, -0.05) is 47.5 Å². The molecule has 30 heavy (non-hydrogen) atoms. The molecular weight excluding hydrogens is 425 g/mol. The highest BCUT2D eigenvalue weighted by molar-refractivity contribution is 6.30. The van der Waals surface area contributed by atoms with Gasteiger partial charge in [0.1, 0.15) is 6.04 Å². The van der Waals surface area contributed by atoms with Crippen LogP contribution in [0.15, 0.2) is 48.5 Å². The van der Waals surface area contributed by atoms with Gasteiger partial charge >= 0.3 is 6.03 Å². The van der Waals surface area contributed by atoms with Crippen molar-refractivity contribution in [3.8, 4) is 0 Å². The van der Waals surface area contributed by atoms with E-state index in [0.29, 0.717) is 16.6 Å². The molecule has 0 aromatic heterocycles. The summed E-state index contributed by atoms with van der Waals surface area (Å²) in [6.07, 6.45) is -0.522. The highest BCUT2D eigenvalue weighted by Crippen LogP contribution is 2.23. The standard InChI is InChI=1S/C22H25Cl2N3O3/c1-14(16-5-9-18(24)10-6-16)25-22(30)27-13-19(28)11-20(27)21(29)26(2)12-15-3-7-17(23)8-4-15/h3-10,14,19-20,28H,11-13H2,1-2H3,(H,25,30)/t14-,19?,20?/m0/s1. The first-order valence-corrected chi connectivity index (χ1v) is 10.5. The highest BCUT2D eigenvalue weighted by atomic mass is 35.5. The van der Waals surface area contributed by atoms with Crippen molar-refractivity contribution >= 4 is 35.1 Å². The summed E-state index contributed by atoms with van der Waals surface area (Å²) in [5, 5.41) is 14.3. The van der Waals surface area contributed by atoms with E-state index in [0.717, 1.165) is 11.1 Å². The van der Waals surface area contributed by atoms with Gasteiger partial charge in [-0.3, -0.25) is 4.79 Å². The van der Waals surface area contributed by atoms with Crippen molar-refractivity contribution < 1.29 is 14.7 Å². The van der Waals surface area contributed by atoms with Crippen LogP contribution in [0.25, 0.3) is 0 Å². The number of β-amino-alcohol motifs (C(OH)–C–C–N with tert-alkyl or cyclic N) is 1. The Kier molecular flexibility index (Phi) is 7.23. The zero-order valence-corrected chi connectivity index (χ0v) is 18.4. The Morgan fingerprint density at radius 3 is 2.30 bits per heavy atom. The van der Waals surface area contributed by atoms with Crippen LogP contribution in [0, 0.1) is 0 Å². The van der Waals surface area contributed by atoms with E-state index in [1.54, 1.807) is 36.2 Å². The molecule has 3 atom stereocenters. The first kappa shape index (κ1) is 22.4. The number of aliphatic hydroxyl groups is 1. The molecular formula is C22H25Cl2N3O3. The molecule has 2 aromatic carbocycles. The van der Waals surface area contributed by atoms with Gasteiger partial charge in [-0.2, -0.15) is 0 Å². The molecule has 6 nitrogen and oxygen atoms in total. The Morgan fingerprint density at radius 2 is 1.70 bits per heavy atom. The molecule has 1 heterocycles. The molecule has 2 N–H and O–H groups in total. The first-order chi connectivity index (χ1) is 14.2. The van der Waals surface area contributed by atoms with Gasteiger partial charge in [0, 0.05) is 36.6 Å². The van der Waals surface area contributed by atoms with Crippen LogP contribution in [-0.2, 0) is 11.3 Å². The van der Waals surface area contributed by atoms with Crippen molar-refractivity contribution in [1.82, 2.24) is 15.1 Å². The molecule has 1 fully saturated rings. The van der Waals surface area contributed by atoms with Crippen LogP contribution in [0.1, 0.15) is 30.5 Å². The van der Waals surface area contributed by atoms with E-state index in [4.69, 9.17) is 23.2 Å². The topological polar surface area (TPSA) is 72.9 Å². The van der Waals surface area contributed by atoms with Crippen LogP contribution < -0.4 is 5.32 Å². The fourth-order valence-corrected chi connectivity index (χ4v) is 3.82. The zero-order chi connectivity index (χ0) is 21.8. The predicted molar refractivity (Wildman–Crippen MR) is 117 cm³/mol. The largest absolute Gasteiger partial charge is 0.391 e. The molecule has 1 aliphatic heterocycles. The van der Waals surface area contributed by atoms with Crippen molar-refractivity contribution in [2.75, 3.05) is 13.6 Å². The van der Waals surface area contributed by atoms with Crippen molar-refractivity contribution in [3.63, 3.8) is 0 Å². The average Bonchev–Trinajstić information content (AvgIpc) is 3.11. The maximum atomic E-state index is 13.0. The minimum absolute atomic E-state index is 0.115. The lowest BCUT2D eigenvalue weighted by molar-refractivity contribution is -0.134. The third-order valence-electron chi connectivity index (χ3n) is 5.24. The molecule has 0 saturated carbocycles. The Balaban J connectivity index is 1.66. The van der Waals surface area contributed by atoms with Crippen LogP contribution in [0.3, 0.4) is 0 Å². The number of halogens is 2. The van der Waals surface area contributed by atoms with Gasteiger partial charge < -0.3 is 20.2 Å². The number of nitrogens with one attached hydrogen (secondary N) is 1. The number of benzene rings is 2. The van der Waals surface area contributed by atoms with Crippen molar-refractivity contribution in [2.45, 2.75) is 38.1 Å². The zero-order valence-electron chi connectivity index (χ0n) is 16.9. The second kappa shape index (κ2) is 9.69. The normalized spacial score (nSPS) is 19.4. The highest BCUT2D eigenvalue weighted by Gasteiger charge is 2.40. The summed E-state index contributed by atoms with van der Waals surface area (Å²) >= 11 is 11.8. The number of likely N-dealkylation sites (tertiary alicyclic amines) is 1. The van der Waals surface area contributed by atoms with Gasteiger partial charge in [0.25, 0.3) is 0 Å². The van der Waals surface area contributed by atoms with E-state index >= 15 is 0 Å². The predicted octanol–water partition coefficient (Wildman–Crippen LogP) is 3.86. The van der Waals surface area contributed by atoms with Crippen LogP contribution in [0.5, 0.6) is 0 Å². The summed E-state index contributed by atoms with van der Waals surface area (Å²) in [7, 11) is 1.69. The molecule has 8 heteroatoms. The third kappa shape index (κ3) is 5.45. The summed E-state index contributed by atoms with van der Waals surface area (Å²) in [4.78, 5) is 28.9. The SMILES string of the molecule is C[C@H](NC(=O)N1CC(O)CC1C(=O)N(C)Cc1ccc(Cl)cc1)c1ccc(Cl)cc1. The molecule has 0 spiro atoms. The molecule has 0 bridgehead atoms. The van der Waals surface area contributed by atoms with Crippen molar-refractivity contribution in [3.05, 3.63) is 69.7 Å². The number of carbonyl (C=O) groups excluding carboxylic acids is 2. The Hall–Kier alpha value is -2.28. The quantitative estimate of drug-likeness (QED) is 0.727. The van der Waals surface area contributed by atoms with Crippen molar-refractivity contribution in [1.29, 1.82) is 0 Å². The van der Waals surface area contributed by atoms with Crippen molar-refractivity contribution in [2.24, 2.45) is 0 Å². The van der Waals surface area contributed by atoms with Gasteiger partial charge in [0.2, 0.25) is 5.91 Å². The monoisotopic (exact) mass is 449 g/mol. The Morgan fingerprint density at radius 1 is 1.13 bits per heavy atom. The number of rotatable bonds is 5. The van der Waals surface area contributed by atoms with Gasteiger partial charge in [-0.15, -0.1) is 0 Å². The van der Waals surface area contributed by atoms with Crippen LogP contribution in [0.2, 0.25) is 10.0 Å². The Bertz CT molecular complexity index is 890. The van der Waals surface area contributed by atoms with E-state index < -0.39 is 12.1 Å². The lowest BCUT2D eigenvalue weighted by Crippen LogP contribution is -2.50. The summed E-state index contributed by atoms with van der Waals surface area (Å²) in [5.74, 6) is -0.212. The fourth-order valence-electron chi connectivity index (χ4n) is 3.57. The summed E-state index contributed by atoms with van der Waals surface area (Å²) < 4.78 is 0. The fraction of sp³-hybridized carbons (Fsp3) is 0.364. The first-order valence-electron chi connectivity index (χ1n) is 9.74. The average molecular weight is 450 g/mol. The molecule has 2 aromatic rings. The van der Waals surface area contributed by atoms with E-state index in [9.17, 15) is 14.7 Å². The number of nitrogens with zero attached hydrogens (tertiary/aromatic N) is 2. The third-order valence-corrected chi connectivity index (χ3v) is 5.75. The maximum absolute atomic E-state index is 13.0. The van der Waals surface area contributed by atoms with Crippen LogP contribution in [0.4, 0.5) is 4.79 Å². The van der Waals surface area contributed by atoms with E-state index in [-0.39, 0.29) is 30.9 Å². The van der Waals surface area contributed by atoms with Gasteiger partial charge in [-0.05, 0) is 42.3 Å². The molecule has 2 unspecified atom stereocenters. The minimum atomic E-state index is -0.737. The van der Waals surface area contributed by atoms with Gasteiger partial charge in [0.15, 0.2) is 0 Å². The lowest BCUT2D eigenvalue weighted by Gasteiger charge is -2.29. The van der Waals surface area contributed by atoms with Gasteiger partial charge in [0.05, 0.1) is 12.1 Å². The molecule has 1 aliphatic rings. The number of carbonyl (C=O) groups is 2. The van der Waals surface area contributed by atoms with E-state index in [1.165, 1.54) is 4.90 Å². The number of likely N-dealkylation sites (N-methyl/N-ethyl adjacent to an activating group) is 1. The molecule has 0 aliphatic carbocycles. The number of aliphatic hydroxyl groups excluding tert-OH is 1. The smallest absolute Gasteiger partial charge is 0.318 e. The Labute approximate surface area is 186 Å². The van der Waals surface area contributed by atoms with E-state index in [1.807, 2.05) is 31.2 Å². The van der Waals surface area contributed by atoms with Crippen LogP contribution >= 0.6 is 23.2 Å².